The minimum Gasteiger partial charge on any atom is -0.422 e. The number of thiazole rings is 1. The Morgan fingerprint density at radius 2 is 1.91 bits per heavy atom. The quantitative estimate of drug-likeness (QED) is 0.348. The highest BCUT2D eigenvalue weighted by Crippen LogP contribution is 2.32. The van der Waals surface area contributed by atoms with E-state index in [0.29, 0.717) is 37.1 Å². The third-order valence-corrected chi connectivity index (χ3v) is 6.73. The van der Waals surface area contributed by atoms with Crippen LogP contribution in [0, 0.1) is 11.6 Å². The monoisotopic (exact) mass is 521 g/mol. The molecule has 5 rings (SSSR count). The number of halogens is 3. The summed E-state index contributed by atoms with van der Waals surface area (Å²) < 4.78 is 39.0. The third kappa shape index (κ3) is 5.35. The lowest BCUT2D eigenvalue weighted by Gasteiger charge is -2.27. The van der Waals surface area contributed by atoms with E-state index in [9.17, 15) is 18.4 Å². The van der Waals surface area contributed by atoms with Gasteiger partial charge in [-0.2, -0.15) is 0 Å². The van der Waals surface area contributed by atoms with Crippen molar-refractivity contribution in [3.8, 4) is 0 Å². The van der Waals surface area contributed by atoms with E-state index in [2.05, 4.69) is 9.88 Å². The van der Waals surface area contributed by atoms with Gasteiger partial charge in [0.1, 0.15) is 22.5 Å². The van der Waals surface area contributed by atoms with Crippen LogP contribution < -0.4 is 10.5 Å². The first-order valence-corrected chi connectivity index (χ1v) is 11.7. The average molecular weight is 522 g/mol. The molecule has 0 radical (unpaired) electrons. The summed E-state index contributed by atoms with van der Waals surface area (Å²) in [5.74, 6) is -2.12. The van der Waals surface area contributed by atoms with Crippen LogP contribution in [0.15, 0.2) is 51.7 Å². The highest BCUT2D eigenvalue weighted by atomic mass is 35.5. The van der Waals surface area contributed by atoms with Crippen molar-refractivity contribution >= 4 is 56.0 Å². The molecule has 11 heteroatoms. The number of carbonyl (C=O) groups is 1. The number of morpholine rings is 1. The fourth-order valence-electron chi connectivity index (χ4n) is 3.98. The maximum atomic E-state index is 14.3. The van der Waals surface area contributed by atoms with Crippen LogP contribution in [0.3, 0.4) is 0 Å². The van der Waals surface area contributed by atoms with Crippen LogP contribution in [0.1, 0.15) is 16.8 Å². The molecular formula is C24H22ClF2N3O4S. The lowest BCUT2D eigenvalue weighted by molar-refractivity contribution is 0.0376. The number of carbonyl (C=O) groups excluding carboxylic acids is 1. The molecule has 1 aliphatic rings. The van der Waals surface area contributed by atoms with E-state index in [4.69, 9.17) is 9.15 Å². The van der Waals surface area contributed by atoms with Crippen molar-refractivity contribution in [3.63, 3.8) is 0 Å². The van der Waals surface area contributed by atoms with Gasteiger partial charge in [-0.3, -0.25) is 14.6 Å². The van der Waals surface area contributed by atoms with Gasteiger partial charge in [-0.15, -0.1) is 12.4 Å². The van der Waals surface area contributed by atoms with Gasteiger partial charge < -0.3 is 9.15 Å². The largest absolute Gasteiger partial charge is 0.422 e. The number of hydrogen-bond acceptors (Lipinski definition) is 7. The third-order valence-electron chi connectivity index (χ3n) is 5.71. The molecular weight excluding hydrogens is 500 g/mol. The van der Waals surface area contributed by atoms with E-state index >= 15 is 0 Å². The van der Waals surface area contributed by atoms with Gasteiger partial charge >= 0.3 is 5.63 Å². The molecule has 7 nitrogen and oxygen atoms in total. The number of para-hydroxylation sites is 1. The van der Waals surface area contributed by atoms with Crippen LogP contribution in [-0.2, 0) is 4.74 Å². The Labute approximate surface area is 209 Å². The fraction of sp³-hybridized carbons (Fsp3) is 0.292. The van der Waals surface area contributed by atoms with E-state index in [-0.39, 0.29) is 39.9 Å². The number of nitrogens with zero attached hydrogens (tertiary/aromatic N) is 3. The topological polar surface area (TPSA) is 75.9 Å². The van der Waals surface area contributed by atoms with Crippen molar-refractivity contribution < 1.29 is 22.7 Å². The first-order valence-electron chi connectivity index (χ1n) is 10.9. The summed E-state index contributed by atoms with van der Waals surface area (Å²) in [5, 5.41) is 0.801. The molecule has 35 heavy (non-hydrogen) atoms. The van der Waals surface area contributed by atoms with E-state index in [1.165, 1.54) is 17.0 Å². The number of fused-ring (bicyclic) bond motifs is 2. The van der Waals surface area contributed by atoms with Crippen molar-refractivity contribution in [3.05, 3.63) is 70.1 Å². The van der Waals surface area contributed by atoms with Crippen LogP contribution >= 0.6 is 23.7 Å². The second-order valence-corrected chi connectivity index (χ2v) is 8.99. The predicted octanol–water partition coefficient (Wildman–Crippen LogP) is 4.47. The van der Waals surface area contributed by atoms with Crippen molar-refractivity contribution in [2.45, 2.75) is 6.42 Å². The normalized spacial score (nSPS) is 14.2. The Morgan fingerprint density at radius 1 is 1.14 bits per heavy atom. The molecule has 1 fully saturated rings. The number of hydrogen-bond donors (Lipinski definition) is 0. The van der Waals surface area contributed by atoms with E-state index in [1.807, 2.05) is 0 Å². The summed E-state index contributed by atoms with van der Waals surface area (Å²) in [6.07, 6.45) is 0.595. The summed E-state index contributed by atoms with van der Waals surface area (Å²) in [6.45, 7) is 3.87. The SMILES string of the molecule is Cl.O=C(c1cc2ccccc2oc1=O)N(CCCN1CCOCC1)c1nc2c(F)cc(F)cc2s1. The first-order chi connectivity index (χ1) is 16.5. The van der Waals surface area contributed by atoms with Crippen molar-refractivity contribution in [2.75, 3.05) is 44.3 Å². The number of anilines is 1. The number of ether oxygens (including phenoxy) is 1. The second-order valence-electron chi connectivity index (χ2n) is 7.98. The van der Waals surface area contributed by atoms with E-state index in [1.54, 1.807) is 24.3 Å². The second kappa shape index (κ2) is 10.8. The molecule has 2 aromatic heterocycles. The van der Waals surface area contributed by atoms with Gasteiger partial charge in [0.15, 0.2) is 10.9 Å². The van der Waals surface area contributed by atoms with Crippen molar-refractivity contribution in [1.29, 1.82) is 0 Å². The Hall–Kier alpha value is -2.92. The molecule has 2 aromatic carbocycles. The molecule has 184 valence electrons. The summed E-state index contributed by atoms with van der Waals surface area (Å²) in [4.78, 5) is 34.0. The molecule has 0 spiro atoms. The molecule has 0 N–H and O–H groups in total. The maximum absolute atomic E-state index is 14.3. The summed E-state index contributed by atoms with van der Waals surface area (Å²) in [7, 11) is 0. The molecule has 0 aliphatic carbocycles. The lowest BCUT2D eigenvalue weighted by Crippen LogP contribution is -2.40. The minimum absolute atomic E-state index is 0. The average Bonchev–Trinajstić information content (AvgIpc) is 3.25. The van der Waals surface area contributed by atoms with E-state index < -0.39 is 23.2 Å². The predicted molar refractivity (Wildman–Crippen MR) is 133 cm³/mol. The molecule has 0 atom stereocenters. The number of aromatic nitrogens is 1. The Bertz CT molecular complexity index is 1420. The van der Waals surface area contributed by atoms with Crippen LogP contribution in [0.5, 0.6) is 0 Å². The molecule has 0 saturated carbocycles. The Kier molecular flexibility index (Phi) is 7.75. The number of rotatable bonds is 6. The molecule has 1 amide bonds. The molecule has 1 saturated heterocycles. The first kappa shape index (κ1) is 25.2. The fourth-order valence-corrected chi connectivity index (χ4v) is 5.01. The van der Waals surface area contributed by atoms with Crippen LogP contribution in [-0.4, -0.2) is 55.2 Å². The summed E-state index contributed by atoms with van der Waals surface area (Å²) >= 11 is 1.000. The number of amides is 1. The Morgan fingerprint density at radius 3 is 2.71 bits per heavy atom. The summed E-state index contributed by atoms with van der Waals surface area (Å²) in [5.41, 5.74) is -0.547. The zero-order chi connectivity index (χ0) is 23.7. The smallest absolute Gasteiger partial charge is 0.349 e. The van der Waals surface area contributed by atoms with Gasteiger partial charge in [0, 0.05) is 37.6 Å². The highest BCUT2D eigenvalue weighted by molar-refractivity contribution is 7.22. The zero-order valence-electron chi connectivity index (χ0n) is 18.5. The molecule has 3 heterocycles. The molecule has 0 unspecified atom stereocenters. The van der Waals surface area contributed by atoms with Crippen LogP contribution in [0.2, 0.25) is 0 Å². The van der Waals surface area contributed by atoms with Crippen molar-refractivity contribution in [1.82, 2.24) is 9.88 Å². The molecule has 0 bridgehead atoms. The maximum Gasteiger partial charge on any atom is 0.349 e. The standard InChI is InChI=1S/C24H21F2N3O4S.ClH/c25-16-13-18(26)21-20(14-16)34-24(27-21)29(7-3-6-28-8-10-32-11-9-28)22(30)17-12-15-4-1-2-5-19(15)33-23(17)31;/h1-2,4-5,12-14H,3,6-11H2;1H. The zero-order valence-corrected chi connectivity index (χ0v) is 20.2. The van der Waals surface area contributed by atoms with Crippen molar-refractivity contribution in [2.24, 2.45) is 0 Å². The highest BCUT2D eigenvalue weighted by Gasteiger charge is 2.26. The summed E-state index contributed by atoms with van der Waals surface area (Å²) in [6, 6.07) is 10.3. The lowest BCUT2D eigenvalue weighted by atomic mass is 10.1. The van der Waals surface area contributed by atoms with Gasteiger partial charge in [0.25, 0.3) is 5.91 Å². The van der Waals surface area contributed by atoms with Crippen LogP contribution in [0.25, 0.3) is 21.2 Å². The Balaban J connectivity index is 0.00000289. The minimum atomic E-state index is -0.802. The van der Waals surface area contributed by atoms with E-state index in [0.717, 1.165) is 30.5 Å². The van der Waals surface area contributed by atoms with Crippen LogP contribution in [0.4, 0.5) is 13.9 Å². The molecule has 4 aromatic rings. The van der Waals surface area contributed by atoms with Gasteiger partial charge in [-0.05, 0) is 24.6 Å². The van der Waals surface area contributed by atoms with Gasteiger partial charge in [0.2, 0.25) is 0 Å². The van der Waals surface area contributed by atoms with Gasteiger partial charge in [0.05, 0.1) is 17.9 Å². The molecule has 1 aliphatic heterocycles. The number of benzene rings is 2. The van der Waals surface area contributed by atoms with Gasteiger partial charge in [-0.25, -0.2) is 18.6 Å². The van der Waals surface area contributed by atoms with Gasteiger partial charge in [-0.1, -0.05) is 29.5 Å².